The Morgan fingerprint density at radius 1 is 0.967 bits per heavy atom. The van der Waals surface area contributed by atoms with Crippen LogP contribution in [0.2, 0.25) is 10.0 Å². The molecule has 0 saturated carbocycles. The number of benzene rings is 3. The second-order valence-electron chi connectivity index (χ2n) is 6.86. The molecule has 0 saturated heterocycles. The van der Waals surface area contributed by atoms with Crippen molar-refractivity contribution in [1.29, 1.82) is 0 Å². The number of anilines is 2. The second-order valence-corrected chi connectivity index (χ2v) is 9.58. The third kappa shape index (κ3) is 5.33. The molecule has 156 valence electrons. The molecule has 0 fully saturated rings. The summed E-state index contributed by atoms with van der Waals surface area (Å²) in [5.41, 5.74) is 3.04. The van der Waals surface area contributed by atoms with Gasteiger partial charge in [-0.2, -0.15) is 0 Å². The van der Waals surface area contributed by atoms with Gasteiger partial charge in [0.05, 0.1) is 34.2 Å². The summed E-state index contributed by atoms with van der Waals surface area (Å²) < 4.78 is 26.0. The van der Waals surface area contributed by atoms with Crippen molar-refractivity contribution in [2.24, 2.45) is 0 Å². The molecule has 0 aliphatic carbocycles. The lowest BCUT2D eigenvalue weighted by atomic mass is 10.1. The van der Waals surface area contributed by atoms with Gasteiger partial charge in [0.1, 0.15) is 0 Å². The van der Waals surface area contributed by atoms with Crippen molar-refractivity contribution in [2.45, 2.75) is 13.5 Å². The number of hydrogen-bond donors (Lipinski definition) is 1. The van der Waals surface area contributed by atoms with Gasteiger partial charge in [-0.3, -0.25) is 9.10 Å². The first-order valence-corrected chi connectivity index (χ1v) is 11.6. The van der Waals surface area contributed by atoms with E-state index in [1.807, 2.05) is 25.1 Å². The highest BCUT2D eigenvalue weighted by Crippen LogP contribution is 2.30. The molecule has 0 aliphatic heterocycles. The fourth-order valence-electron chi connectivity index (χ4n) is 2.91. The Morgan fingerprint density at radius 3 is 2.13 bits per heavy atom. The average Bonchev–Trinajstić information content (AvgIpc) is 2.68. The number of halogens is 2. The van der Waals surface area contributed by atoms with Crippen LogP contribution < -0.4 is 9.62 Å². The summed E-state index contributed by atoms with van der Waals surface area (Å²) >= 11 is 12.2. The van der Waals surface area contributed by atoms with Crippen molar-refractivity contribution in [1.82, 2.24) is 0 Å². The molecule has 0 bridgehead atoms. The first kappa shape index (κ1) is 22.2. The first-order chi connectivity index (χ1) is 14.1. The molecule has 5 nitrogen and oxygen atoms in total. The fourth-order valence-corrected chi connectivity index (χ4v) is 4.29. The van der Waals surface area contributed by atoms with Gasteiger partial charge in [0.25, 0.3) is 5.91 Å². The van der Waals surface area contributed by atoms with Crippen molar-refractivity contribution in [3.63, 3.8) is 0 Å². The van der Waals surface area contributed by atoms with Gasteiger partial charge in [-0.15, -0.1) is 0 Å². The summed E-state index contributed by atoms with van der Waals surface area (Å²) in [7, 11) is -3.48. The molecule has 1 amide bonds. The predicted octanol–water partition coefficient (Wildman–Crippen LogP) is 5.52. The van der Waals surface area contributed by atoms with Crippen molar-refractivity contribution in [3.8, 4) is 0 Å². The molecule has 3 aromatic carbocycles. The van der Waals surface area contributed by atoms with Crippen molar-refractivity contribution in [2.75, 3.05) is 15.9 Å². The van der Waals surface area contributed by atoms with Crippen LogP contribution in [0.15, 0.2) is 66.7 Å². The van der Waals surface area contributed by atoms with Crippen LogP contribution in [0, 0.1) is 6.92 Å². The summed E-state index contributed by atoms with van der Waals surface area (Å²) in [6, 6.07) is 19.0. The quantitative estimate of drug-likeness (QED) is 0.524. The molecule has 8 heteroatoms. The molecule has 1 N–H and O–H groups in total. The maximum atomic E-state index is 12.5. The number of hydrogen-bond acceptors (Lipinski definition) is 3. The maximum Gasteiger partial charge on any atom is 0.255 e. The summed E-state index contributed by atoms with van der Waals surface area (Å²) in [5.74, 6) is -0.366. The van der Waals surface area contributed by atoms with E-state index in [4.69, 9.17) is 23.2 Å². The van der Waals surface area contributed by atoms with E-state index in [1.54, 1.807) is 48.5 Å². The van der Waals surface area contributed by atoms with Gasteiger partial charge in [-0.1, -0.05) is 53.5 Å². The molecule has 0 atom stereocenters. The number of nitrogens with one attached hydrogen (secondary N) is 1. The molecule has 3 rings (SSSR count). The minimum atomic E-state index is -3.48. The molecule has 3 aromatic rings. The monoisotopic (exact) mass is 462 g/mol. The number of sulfonamides is 1. The van der Waals surface area contributed by atoms with E-state index >= 15 is 0 Å². The number of nitrogens with zero attached hydrogens (tertiary/aromatic N) is 1. The summed E-state index contributed by atoms with van der Waals surface area (Å²) in [6.07, 6.45) is 1.17. The van der Waals surface area contributed by atoms with Crippen LogP contribution in [0.4, 0.5) is 11.4 Å². The van der Waals surface area contributed by atoms with Crippen LogP contribution in [-0.4, -0.2) is 20.6 Å². The summed E-state index contributed by atoms with van der Waals surface area (Å²) in [4.78, 5) is 12.5. The van der Waals surface area contributed by atoms with E-state index in [0.29, 0.717) is 27.0 Å². The van der Waals surface area contributed by atoms with E-state index in [0.717, 1.165) is 11.1 Å². The van der Waals surface area contributed by atoms with Gasteiger partial charge in [0.15, 0.2) is 0 Å². The van der Waals surface area contributed by atoms with Crippen LogP contribution in [0.3, 0.4) is 0 Å². The Balaban J connectivity index is 1.80. The Labute approximate surface area is 186 Å². The highest BCUT2D eigenvalue weighted by Gasteiger charge is 2.18. The summed E-state index contributed by atoms with van der Waals surface area (Å²) in [6.45, 7) is 2.06. The maximum absolute atomic E-state index is 12.5. The molecular weight excluding hydrogens is 443 g/mol. The third-order valence-electron chi connectivity index (χ3n) is 4.43. The lowest BCUT2D eigenvalue weighted by molar-refractivity contribution is 0.102. The molecular formula is C22H20Cl2N2O3S. The molecule has 0 aromatic heterocycles. The zero-order chi connectivity index (χ0) is 21.9. The number of carbonyl (C=O) groups excluding carboxylic acids is 1. The Bertz CT molecular complexity index is 1160. The minimum absolute atomic E-state index is 0.153. The lowest BCUT2D eigenvalue weighted by Crippen LogP contribution is -2.29. The lowest BCUT2D eigenvalue weighted by Gasteiger charge is -2.23. The minimum Gasteiger partial charge on any atom is -0.319 e. The molecule has 0 unspecified atom stereocenters. The standard InChI is InChI=1S/C22H20Cl2N2O3S/c1-15-5-3-6-18(13-15)26(30(2,28)29)14-16-9-11-17(12-10-16)22(27)25-21-19(23)7-4-8-20(21)24/h3-13H,14H2,1-2H3,(H,25,27). The molecule has 0 radical (unpaired) electrons. The Morgan fingerprint density at radius 2 is 1.57 bits per heavy atom. The number of rotatable bonds is 6. The normalized spacial score (nSPS) is 11.2. The van der Waals surface area contributed by atoms with Gasteiger partial charge in [-0.25, -0.2) is 8.42 Å². The van der Waals surface area contributed by atoms with E-state index < -0.39 is 10.0 Å². The van der Waals surface area contributed by atoms with Crippen molar-refractivity contribution < 1.29 is 13.2 Å². The topological polar surface area (TPSA) is 66.5 Å². The largest absolute Gasteiger partial charge is 0.319 e. The number of carbonyl (C=O) groups is 1. The summed E-state index contributed by atoms with van der Waals surface area (Å²) in [5, 5.41) is 3.39. The van der Waals surface area contributed by atoms with E-state index in [-0.39, 0.29) is 12.5 Å². The van der Waals surface area contributed by atoms with Crippen molar-refractivity contribution >= 4 is 50.5 Å². The van der Waals surface area contributed by atoms with Gasteiger partial charge in [0, 0.05) is 5.56 Å². The zero-order valence-electron chi connectivity index (χ0n) is 16.4. The SMILES string of the molecule is Cc1cccc(N(Cc2ccc(C(=O)Nc3c(Cl)cccc3Cl)cc2)S(C)(=O)=O)c1. The fraction of sp³-hybridized carbons (Fsp3) is 0.136. The number of aryl methyl sites for hydroxylation is 1. The molecule has 0 aliphatic rings. The van der Waals surface area contributed by atoms with Gasteiger partial charge >= 0.3 is 0 Å². The highest BCUT2D eigenvalue weighted by atomic mass is 35.5. The highest BCUT2D eigenvalue weighted by molar-refractivity contribution is 7.92. The van der Waals surface area contributed by atoms with Gasteiger partial charge in [-0.05, 0) is 54.4 Å². The van der Waals surface area contributed by atoms with Crippen molar-refractivity contribution in [3.05, 3.63) is 93.5 Å². The van der Waals surface area contributed by atoms with Crippen LogP contribution in [0.1, 0.15) is 21.5 Å². The van der Waals surface area contributed by atoms with Gasteiger partial charge in [0.2, 0.25) is 10.0 Å². The van der Waals surface area contributed by atoms with Crippen LogP contribution in [0.25, 0.3) is 0 Å². The first-order valence-electron chi connectivity index (χ1n) is 9.04. The predicted molar refractivity (Wildman–Crippen MR) is 123 cm³/mol. The second kappa shape index (κ2) is 9.08. The Kier molecular flexibility index (Phi) is 6.71. The Hall–Kier alpha value is -2.54. The molecule has 30 heavy (non-hydrogen) atoms. The molecule has 0 spiro atoms. The molecule has 0 heterocycles. The zero-order valence-corrected chi connectivity index (χ0v) is 18.7. The van der Waals surface area contributed by atoms with Crippen LogP contribution >= 0.6 is 23.2 Å². The number of amides is 1. The van der Waals surface area contributed by atoms with Crippen LogP contribution in [-0.2, 0) is 16.6 Å². The van der Waals surface area contributed by atoms with Crippen LogP contribution in [0.5, 0.6) is 0 Å². The number of para-hydroxylation sites is 1. The van der Waals surface area contributed by atoms with Gasteiger partial charge < -0.3 is 5.32 Å². The average molecular weight is 463 g/mol. The van der Waals surface area contributed by atoms with E-state index in [1.165, 1.54) is 10.6 Å². The smallest absolute Gasteiger partial charge is 0.255 e. The third-order valence-corrected chi connectivity index (χ3v) is 6.20. The van der Waals surface area contributed by atoms with E-state index in [2.05, 4.69) is 5.32 Å². The van der Waals surface area contributed by atoms with E-state index in [9.17, 15) is 13.2 Å².